The van der Waals surface area contributed by atoms with Gasteiger partial charge in [0.05, 0.1) is 0 Å². The number of hydrogen-bond donors (Lipinski definition) is 1. The Labute approximate surface area is 131 Å². The number of benzene rings is 1. The first-order valence-corrected chi connectivity index (χ1v) is 7.90. The lowest BCUT2D eigenvalue weighted by molar-refractivity contribution is 0.0807. The van der Waals surface area contributed by atoms with Crippen molar-refractivity contribution in [2.45, 2.75) is 46.5 Å². The number of aromatic nitrogens is 3. The Hall–Kier alpha value is -2.17. The number of nitrogen functional groups attached to an aromatic ring is 1. The lowest BCUT2D eigenvalue weighted by atomic mass is 9.99. The Morgan fingerprint density at radius 2 is 2.14 bits per heavy atom. The van der Waals surface area contributed by atoms with Crippen LogP contribution in [0.2, 0.25) is 0 Å². The van der Waals surface area contributed by atoms with E-state index in [4.69, 9.17) is 5.73 Å². The van der Waals surface area contributed by atoms with Gasteiger partial charge in [-0.05, 0) is 25.8 Å². The molecule has 0 aliphatic rings. The van der Waals surface area contributed by atoms with Crippen molar-refractivity contribution in [2.75, 3.05) is 5.73 Å². The summed E-state index contributed by atoms with van der Waals surface area (Å²) >= 11 is 0. The fourth-order valence-electron chi connectivity index (χ4n) is 2.52. The van der Waals surface area contributed by atoms with Crippen LogP contribution in [0.15, 0.2) is 24.3 Å². The van der Waals surface area contributed by atoms with E-state index in [-0.39, 0.29) is 17.8 Å². The second-order valence-corrected chi connectivity index (χ2v) is 5.66. The molecule has 1 aromatic carbocycles. The van der Waals surface area contributed by atoms with Gasteiger partial charge in [0, 0.05) is 11.5 Å². The Morgan fingerprint density at radius 1 is 1.36 bits per heavy atom. The number of unbranched alkanes of at least 4 members (excludes halogenated alkanes) is 1. The van der Waals surface area contributed by atoms with Gasteiger partial charge in [-0.2, -0.15) is 9.67 Å². The SMILES string of the molecule is CCCCC(CC)C(=O)n1nc(-c2cccc(C)c2)nc1N. The molecule has 0 bridgehead atoms. The zero-order valence-electron chi connectivity index (χ0n) is 13.5. The molecule has 1 heterocycles. The van der Waals surface area contributed by atoms with Crippen molar-refractivity contribution in [3.8, 4) is 11.4 Å². The highest BCUT2D eigenvalue weighted by atomic mass is 16.2. The van der Waals surface area contributed by atoms with Crippen LogP contribution in [0.5, 0.6) is 0 Å². The zero-order chi connectivity index (χ0) is 16.1. The van der Waals surface area contributed by atoms with Crippen LogP contribution in [0.3, 0.4) is 0 Å². The summed E-state index contributed by atoms with van der Waals surface area (Å²) in [6, 6.07) is 7.86. The topological polar surface area (TPSA) is 73.8 Å². The van der Waals surface area contributed by atoms with E-state index in [2.05, 4.69) is 17.0 Å². The molecule has 0 aliphatic carbocycles. The second-order valence-electron chi connectivity index (χ2n) is 5.66. The summed E-state index contributed by atoms with van der Waals surface area (Å²) in [7, 11) is 0. The third-order valence-electron chi connectivity index (χ3n) is 3.87. The lowest BCUT2D eigenvalue weighted by Gasteiger charge is -2.12. The summed E-state index contributed by atoms with van der Waals surface area (Å²) < 4.78 is 1.27. The first-order valence-electron chi connectivity index (χ1n) is 7.90. The fraction of sp³-hybridized carbons (Fsp3) is 0.471. The Kier molecular flexibility index (Phi) is 5.31. The van der Waals surface area contributed by atoms with Crippen LogP contribution < -0.4 is 5.73 Å². The van der Waals surface area contributed by atoms with Crippen LogP contribution in [0, 0.1) is 12.8 Å². The molecule has 0 amide bonds. The number of hydrogen-bond acceptors (Lipinski definition) is 4. The monoisotopic (exact) mass is 300 g/mol. The molecule has 0 saturated carbocycles. The first-order chi connectivity index (χ1) is 10.6. The molecule has 0 fully saturated rings. The van der Waals surface area contributed by atoms with Gasteiger partial charge in [-0.3, -0.25) is 4.79 Å². The third-order valence-corrected chi connectivity index (χ3v) is 3.87. The summed E-state index contributed by atoms with van der Waals surface area (Å²) in [4.78, 5) is 16.8. The number of rotatable bonds is 6. The maximum absolute atomic E-state index is 12.6. The molecular weight excluding hydrogens is 276 g/mol. The van der Waals surface area contributed by atoms with Gasteiger partial charge in [0.15, 0.2) is 5.82 Å². The molecule has 22 heavy (non-hydrogen) atoms. The molecule has 118 valence electrons. The molecule has 0 saturated heterocycles. The summed E-state index contributed by atoms with van der Waals surface area (Å²) in [6.07, 6.45) is 3.76. The predicted molar refractivity (Wildman–Crippen MR) is 88.5 cm³/mol. The largest absolute Gasteiger partial charge is 0.368 e. The average molecular weight is 300 g/mol. The highest BCUT2D eigenvalue weighted by Gasteiger charge is 2.22. The van der Waals surface area contributed by atoms with Crippen molar-refractivity contribution in [3.05, 3.63) is 29.8 Å². The maximum atomic E-state index is 12.6. The molecule has 1 unspecified atom stereocenters. The van der Waals surface area contributed by atoms with E-state index in [1.54, 1.807) is 0 Å². The molecule has 0 spiro atoms. The smallest absolute Gasteiger partial charge is 0.253 e. The zero-order valence-corrected chi connectivity index (χ0v) is 13.5. The van der Waals surface area contributed by atoms with Crippen LogP contribution in [0.1, 0.15) is 49.9 Å². The molecule has 0 radical (unpaired) electrons. The van der Waals surface area contributed by atoms with Crippen molar-refractivity contribution in [1.29, 1.82) is 0 Å². The molecule has 5 heteroatoms. The van der Waals surface area contributed by atoms with Crippen molar-refractivity contribution in [2.24, 2.45) is 5.92 Å². The number of carbonyl (C=O) groups excluding carboxylic acids is 1. The Morgan fingerprint density at radius 3 is 2.77 bits per heavy atom. The highest BCUT2D eigenvalue weighted by molar-refractivity contribution is 5.83. The average Bonchev–Trinajstić information content (AvgIpc) is 2.90. The van der Waals surface area contributed by atoms with E-state index in [9.17, 15) is 4.79 Å². The maximum Gasteiger partial charge on any atom is 0.253 e. The van der Waals surface area contributed by atoms with Crippen molar-refractivity contribution < 1.29 is 4.79 Å². The molecule has 2 rings (SSSR count). The molecule has 2 aromatic rings. The summed E-state index contributed by atoms with van der Waals surface area (Å²) in [5.41, 5.74) is 7.90. The van der Waals surface area contributed by atoms with Crippen LogP contribution >= 0.6 is 0 Å². The number of nitrogens with two attached hydrogens (primary N) is 1. The normalized spacial score (nSPS) is 12.3. The van der Waals surface area contributed by atoms with Gasteiger partial charge in [-0.15, -0.1) is 5.10 Å². The minimum Gasteiger partial charge on any atom is -0.368 e. The van der Waals surface area contributed by atoms with E-state index < -0.39 is 0 Å². The van der Waals surface area contributed by atoms with E-state index >= 15 is 0 Å². The van der Waals surface area contributed by atoms with E-state index in [0.717, 1.165) is 36.8 Å². The third kappa shape index (κ3) is 3.53. The van der Waals surface area contributed by atoms with E-state index in [1.165, 1.54) is 4.68 Å². The fourth-order valence-corrected chi connectivity index (χ4v) is 2.52. The molecule has 0 aliphatic heterocycles. The molecular formula is C17H24N4O. The summed E-state index contributed by atoms with van der Waals surface area (Å²) in [5, 5.41) is 4.33. The number of aryl methyl sites for hydroxylation is 1. The minimum atomic E-state index is -0.0557. The minimum absolute atomic E-state index is 0.0469. The van der Waals surface area contributed by atoms with Crippen molar-refractivity contribution in [3.63, 3.8) is 0 Å². The number of nitrogens with zero attached hydrogens (tertiary/aromatic N) is 3. The highest BCUT2D eigenvalue weighted by Crippen LogP contribution is 2.21. The van der Waals surface area contributed by atoms with E-state index in [0.29, 0.717) is 5.82 Å². The predicted octanol–water partition coefficient (Wildman–Crippen LogP) is 3.69. The molecule has 1 aromatic heterocycles. The van der Waals surface area contributed by atoms with Gasteiger partial charge in [0.2, 0.25) is 5.95 Å². The number of anilines is 1. The van der Waals surface area contributed by atoms with Gasteiger partial charge in [0.25, 0.3) is 5.91 Å². The van der Waals surface area contributed by atoms with E-state index in [1.807, 2.05) is 38.1 Å². The van der Waals surface area contributed by atoms with Crippen molar-refractivity contribution >= 4 is 11.9 Å². The summed E-state index contributed by atoms with van der Waals surface area (Å²) in [5.74, 6) is 0.561. The molecule has 1 atom stereocenters. The Balaban J connectivity index is 2.27. The number of carbonyl (C=O) groups is 1. The molecule has 5 nitrogen and oxygen atoms in total. The second kappa shape index (κ2) is 7.20. The summed E-state index contributed by atoms with van der Waals surface area (Å²) in [6.45, 7) is 6.15. The van der Waals surface area contributed by atoms with Gasteiger partial charge in [0.1, 0.15) is 0 Å². The molecule has 2 N–H and O–H groups in total. The van der Waals surface area contributed by atoms with Gasteiger partial charge in [-0.25, -0.2) is 0 Å². The van der Waals surface area contributed by atoms with Gasteiger partial charge >= 0.3 is 0 Å². The first kappa shape index (κ1) is 16.2. The van der Waals surface area contributed by atoms with Crippen LogP contribution in [0.4, 0.5) is 5.95 Å². The van der Waals surface area contributed by atoms with Gasteiger partial charge < -0.3 is 5.73 Å². The van der Waals surface area contributed by atoms with Crippen LogP contribution in [-0.2, 0) is 0 Å². The quantitative estimate of drug-likeness (QED) is 0.883. The van der Waals surface area contributed by atoms with Gasteiger partial charge in [-0.1, -0.05) is 50.5 Å². The lowest BCUT2D eigenvalue weighted by Crippen LogP contribution is -2.24. The van der Waals surface area contributed by atoms with Crippen LogP contribution in [0.25, 0.3) is 11.4 Å². The standard InChI is InChI=1S/C17H24N4O/c1-4-6-9-13(5-2)16(22)21-17(18)19-15(20-21)14-10-7-8-12(3)11-14/h7-8,10-11,13H,4-6,9H2,1-3H3,(H2,18,19,20). The Bertz CT molecular complexity index is 648. The van der Waals surface area contributed by atoms with Crippen LogP contribution in [-0.4, -0.2) is 20.7 Å². The van der Waals surface area contributed by atoms with Crippen molar-refractivity contribution in [1.82, 2.24) is 14.8 Å².